The lowest BCUT2D eigenvalue weighted by Crippen LogP contribution is -3.00. The minimum absolute atomic E-state index is 0. The maximum absolute atomic E-state index is 12.4. The lowest BCUT2D eigenvalue weighted by molar-refractivity contribution is -0.684. The number of aromatic nitrogens is 1. The first-order valence-corrected chi connectivity index (χ1v) is 7.84. The lowest BCUT2D eigenvalue weighted by atomic mass is 9.88. The fourth-order valence-electron chi connectivity index (χ4n) is 2.65. The highest BCUT2D eigenvalue weighted by molar-refractivity contribution is 5.80. The van der Waals surface area contributed by atoms with E-state index in [9.17, 15) is 4.79 Å². The Labute approximate surface area is 146 Å². The molecule has 0 aliphatic carbocycles. The van der Waals surface area contributed by atoms with Gasteiger partial charge in [-0.15, -0.1) is 0 Å². The zero-order chi connectivity index (χ0) is 16.3. The molecule has 0 saturated carbocycles. The number of rotatable bonds is 4. The van der Waals surface area contributed by atoms with Gasteiger partial charge >= 0.3 is 0 Å². The summed E-state index contributed by atoms with van der Waals surface area (Å²) in [7, 11) is 0. The van der Waals surface area contributed by atoms with E-state index in [0.717, 1.165) is 0 Å². The Balaban J connectivity index is 0.00000264. The molecule has 0 aliphatic heterocycles. The number of ketones is 1. The third-order valence-electron chi connectivity index (χ3n) is 4.10. The molecule has 0 radical (unpaired) electrons. The summed E-state index contributed by atoms with van der Waals surface area (Å²) in [5.74, 6) is 0.244. The van der Waals surface area contributed by atoms with Crippen molar-refractivity contribution in [2.45, 2.75) is 53.0 Å². The molecular weight excluding hydrogens is 306 g/mol. The first-order chi connectivity index (χ1) is 10.3. The van der Waals surface area contributed by atoms with Gasteiger partial charge in [-0.1, -0.05) is 39.0 Å². The monoisotopic (exact) mass is 331 g/mol. The van der Waals surface area contributed by atoms with Crippen molar-refractivity contribution in [2.75, 3.05) is 0 Å². The molecule has 1 aromatic heterocycles. The van der Waals surface area contributed by atoms with Crippen LogP contribution in [0.2, 0.25) is 0 Å². The van der Waals surface area contributed by atoms with Gasteiger partial charge in [-0.3, -0.25) is 4.79 Å². The van der Waals surface area contributed by atoms with Gasteiger partial charge in [0.1, 0.15) is 0 Å². The highest BCUT2D eigenvalue weighted by Gasteiger charge is 2.19. The maximum atomic E-state index is 12.4. The van der Waals surface area contributed by atoms with Crippen LogP contribution in [0.15, 0.2) is 42.7 Å². The molecule has 3 heteroatoms. The van der Waals surface area contributed by atoms with Crippen LogP contribution >= 0.6 is 0 Å². The van der Waals surface area contributed by atoms with Gasteiger partial charge < -0.3 is 12.4 Å². The zero-order valence-corrected chi connectivity index (χ0v) is 15.4. The summed E-state index contributed by atoms with van der Waals surface area (Å²) in [6.07, 6.45) is 4.56. The smallest absolute Gasteiger partial charge is 0.206 e. The van der Waals surface area contributed by atoms with Gasteiger partial charge in [-0.25, -0.2) is 0 Å². The van der Waals surface area contributed by atoms with Gasteiger partial charge in [0.25, 0.3) is 0 Å². The average Bonchev–Trinajstić information content (AvgIpc) is 2.42. The van der Waals surface area contributed by atoms with Crippen molar-refractivity contribution < 1.29 is 21.8 Å². The Bertz CT molecular complexity index is 666. The van der Waals surface area contributed by atoms with Crippen LogP contribution in [-0.2, 0) is 23.2 Å². The first kappa shape index (κ1) is 19.4. The Morgan fingerprint density at radius 3 is 2.22 bits per heavy atom. The molecule has 0 aliphatic rings. The number of halogens is 1. The van der Waals surface area contributed by atoms with Crippen LogP contribution in [0.25, 0.3) is 0 Å². The molecular formula is C20H26ClNO. The Morgan fingerprint density at radius 1 is 1.04 bits per heavy atom. The Kier molecular flexibility index (Phi) is 6.52. The number of Topliss-reactive ketones (excluding diaryl/α,β-unsaturated/α-hetero) is 1. The number of aryl methyl sites for hydroxylation is 2. The lowest BCUT2D eigenvalue weighted by Gasteiger charge is -2.16. The van der Waals surface area contributed by atoms with E-state index in [1.807, 2.05) is 22.9 Å². The van der Waals surface area contributed by atoms with Gasteiger partial charge in [0.05, 0.1) is 0 Å². The fraction of sp³-hybridized carbons (Fsp3) is 0.400. The van der Waals surface area contributed by atoms with Crippen molar-refractivity contribution in [3.63, 3.8) is 0 Å². The molecule has 0 amide bonds. The van der Waals surface area contributed by atoms with Crippen LogP contribution in [0.5, 0.6) is 0 Å². The second kappa shape index (κ2) is 7.74. The maximum Gasteiger partial charge on any atom is 0.206 e. The van der Waals surface area contributed by atoms with Gasteiger partial charge in [0.15, 0.2) is 12.4 Å². The summed E-state index contributed by atoms with van der Waals surface area (Å²) in [4.78, 5) is 12.4. The first-order valence-electron chi connectivity index (χ1n) is 7.84. The topological polar surface area (TPSA) is 20.9 Å². The third-order valence-corrected chi connectivity index (χ3v) is 4.10. The molecule has 2 rings (SSSR count). The number of carbonyl (C=O) groups is 1. The second-order valence-electron chi connectivity index (χ2n) is 7.10. The fourth-order valence-corrected chi connectivity index (χ4v) is 2.65. The van der Waals surface area contributed by atoms with E-state index < -0.39 is 0 Å². The highest BCUT2D eigenvalue weighted by atomic mass is 35.5. The van der Waals surface area contributed by atoms with E-state index in [2.05, 4.69) is 59.0 Å². The van der Waals surface area contributed by atoms with Crippen molar-refractivity contribution >= 4 is 5.78 Å². The normalized spacial score (nSPS) is 11.0. The van der Waals surface area contributed by atoms with Gasteiger partial charge in [0, 0.05) is 18.1 Å². The van der Waals surface area contributed by atoms with Crippen molar-refractivity contribution in [1.29, 1.82) is 0 Å². The van der Waals surface area contributed by atoms with Gasteiger partial charge in [-0.05, 0) is 42.0 Å². The summed E-state index contributed by atoms with van der Waals surface area (Å²) < 4.78 is 2.00. The van der Waals surface area contributed by atoms with Crippen molar-refractivity contribution in [2.24, 2.45) is 0 Å². The number of nitrogens with zero attached hydrogens (tertiary/aromatic N) is 1. The summed E-state index contributed by atoms with van der Waals surface area (Å²) in [6, 6.07) is 10.3. The number of carbonyl (C=O) groups excluding carboxylic acids is 1. The van der Waals surface area contributed by atoms with Crippen LogP contribution in [0, 0.1) is 13.8 Å². The van der Waals surface area contributed by atoms with E-state index in [4.69, 9.17) is 0 Å². The summed E-state index contributed by atoms with van der Waals surface area (Å²) in [5, 5.41) is 0. The molecule has 0 atom stereocenters. The minimum Gasteiger partial charge on any atom is -1.00 e. The van der Waals surface area contributed by atoms with Crippen LogP contribution < -0.4 is 17.0 Å². The summed E-state index contributed by atoms with van der Waals surface area (Å²) in [6.45, 7) is 11.1. The minimum atomic E-state index is 0. The predicted molar refractivity (Wildman–Crippen MR) is 90.0 cm³/mol. The summed E-state index contributed by atoms with van der Waals surface area (Å²) in [5.41, 5.74) is 4.90. The molecule has 0 N–H and O–H groups in total. The molecule has 124 valence electrons. The number of benzene rings is 1. The highest BCUT2D eigenvalue weighted by Crippen LogP contribution is 2.20. The molecule has 0 bridgehead atoms. The van der Waals surface area contributed by atoms with E-state index in [1.165, 1.54) is 22.3 Å². The zero-order valence-electron chi connectivity index (χ0n) is 14.7. The van der Waals surface area contributed by atoms with Crippen LogP contribution in [0.3, 0.4) is 0 Å². The van der Waals surface area contributed by atoms with E-state index in [1.54, 1.807) is 0 Å². The number of hydrogen-bond acceptors (Lipinski definition) is 1. The molecule has 0 saturated heterocycles. The molecule has 0 unspecified atom stereocenters. The average molecular weight is 332 g/mol. The van der Waals surface area contributed by atoms with Crippen LogP contribution in [0.1, 0.15) is 43.0 Å². The molecule has 1 aromatic carbocycles. The van der Waals surface area contributed by atoms with E-state index in [0.29, 0.717) is 13.0 Å². The molecule has 1 heterocycles. The molecule has 2 aromatic rings. The quantitative estimate of drug-likeness (QED) is 0.756. The van der Waals surface area contributed by atoms with E-state index in [-0.39, 0.29) is 23.6 Å². The van der Waals surface area contributed by atoms with Crippen molar-refractivity contribution in [1.82, 2.24) is 0 Å². The SMILES string of the molecule is Cc1cccc(C)c1CC(=O)C[n+]1cccc(C(C)(C)C)c1.[Cl-]. The Morgan fingerprint density at radius 2 is 1.65 bits per heavy atom. The Hall–Kier alpha value is -1.67. The van der Waals surface area contributed by atoms with Crippen LogP contribution in [-0.4, -0.2) is 5.78 Å². The standard InChI is InChI=1S/C20H26NO.ClH/c1-15-8-6-9-16(2)19(15)12-18(22)14-21-11-7-10-17(13-21)20(3,4)5;/h6-11,13H,12,14H2,1-5H3;1H/q+1;/p-1. The van der Waals surface area contributed by atoms with E-state index >= 15 is 0 Å². The molecule has 0 fully saturated rings. The van der Waals surface area contributed by atoms with Gasteiger partial charge in [0.2, 0.25) is 12.3 Å². The van der Waals surface area contributed by atoms with Gasteiger partial charge in [-0.2, -0.15) is 4.57 Å². The van der Waals surface area contributed by atoms with Crippen molar-refractivity contribution in [3.8, 4) is 0 Å². The largest absolute Gasteiger partial charge is 1.00 e. The molecule has 23 heavy (non-hydrogen) atoms. The summed E-state index contributed by atoms with van der Waals surface area (Å²) >= 11 is 0. The van der Waals surface area contributed by atoms with Crippen molar-refractivity contribution in [3.05, 3.63) is 65.0 Å². The van der Waals surface area contributed by atoms with Crippen LogP contribution in [0.4, 0.5) is 0 Å². The third kappa shape index (κ3) is 5.18. The number of hydrogen-bond donors (Lipinski definition) is 0. The predicted octanol–water partition coefficient (Wildman–Crippen LogP) is 0.704. The number of pyridine rings is 1. The second-order valence-corrected chi connectivity index (χ2v) is 7.10. The molecule has 2 nitrogen and oxygen atoms in total. The molecule has 0 spiro atoms.